The highest BCUT2D eigenvalue weighted by Crippen LogP contribution is 2.38. The summed E-state index contributed by atoms with van der Waals surface area (Å²) in [6, 6.07) is -0.912. The predicted molar refractivity (Wildman–Crippen MR) is 321 cm³/mol. The number of phosphoric ester groups is 1. The van der Waals surface area contributed by atoms with Crippen molar-refractivity contribution in [1.29, 1.82) is 0 Å². The van der Waals surface area contributed by atoms with E-state index in [0.717, 1.165) is 51.4 Å². The molecule has 1 amide bonds. The van der Waals surface area contributed by atoms with Crippen molar-refractivity contribution in [2.45, 2.75) is 309 Å². The summed E-state index contributed by atoms with van der Waals surface area (Å²) in [6.07, 6.45) is 76.0. The van der Waals surface area contributed by atoms with Crippen LogP contribution in [0.3, 0.4) is 0 Å². The van der Waals surface area contributed by atoms with Crippen LogP contribution in [0.4, 0.5) is 0 Å². The van der Waals surface area contributed by atoms with Crippen molar-refractivity contribution in [3.8, 4) is 0 Å². The Morgan fingerprint density at radius 2 is 0.797 bits per heavy atom. The van der Waals surface area contributed by atoms with E-state index < -0.39 is 26.6 Å². The van der Waals surface area contributed by atoms with Gasteiger partial charge in [-0.3, -0.25) is 9.36 Å². The molecular weight excluding hydrogens is 936 g/mol. The van der Waals surface area contributed by atoms with Crippen molar-refractivity contribution < 1.29 is 32.9 Å². The van der Waals surface area contributed by atoms with Crippen LogP contribution >= 0.6 is 7.82 Å². The van der Waals surface area contributed by atoms with Crippen LogP contribution in [-0.2, 0) is 18.4 Å². The highest BCUT2D eigenvalue weighted by molar-refractivity contribution is 7.45. The van der Waals surface area contributed by atoms with Gasteiger partial charge in [-0.15, -0.1) is 0 Å². The molecule has 3 unspecified atom stereocenters. The van der Waals surface area contributed by atoms with Crippen molar-refractivity contribution in [1.82, 2.24) is 5.32 Å². The number of amides is 1. The average molecular weight is 1060 g/mol. The first-order valence-electron chi connectivity index (χ1n) is 31.7. The molecule has 74 heavy (non-hydrogen) atoms. The number of rotatable bonds is 58. The minimum absolute atomic E-state index is 0.00976. The number of carbonyl (C=O) groups is 1. The molecule has 0 aromatic carbocycles. The van der Waals surface area contributed by atoms with Crippen molar-refractivity contribution in [2.75, 3.05) is 40.9 Å². The topological polar surface area (TPSA) is 108 Å². The molecule has 8 nitrogen and oxygen atoms in total. The molecule has 0 aromatic heterocycles. The fraction of sp³-hybridized carbons (Fsp3) is 0.831. The van der Waals surface area contributed by atoms with Gasteiger partial charge in [-0.25, -0.2) is 0 Å². The lowest BCUT2D eigenvalue weighted by molar-refractivity contribution is -0.870. The Labute approximate surface area is 460 Å². The summed E-state index contributed by atoms with van der Waals surface area (Å²) in [6.45, 7) is 4.64. The number of likely N-dealkylation sites (N-methyl/N-ethyl adjacent to an activating group) is 1. The summed E-state index contributed by atoms with van der Waals surface area (Å²) in [4.78, 5) is 25.6. The number of unbranched alkanes of at least 4 members (excludes halogenated alkanes) is 37. The zero-order chi connectivity index (χ0) is 54.2. The van der Waals surface area contributed by atoms with Crippen molar-refractivity contribution in [3.63, 3.8) is 0 Å². The lowest BCUT2D eigenvalue weighted by Crippen LogP contribution is -2.45. The number of aliphatic hydroxyl groups is 1. The minimum atomic E-state index is -4.61. The van der Waals surface area contributed by atoms with E-state index in [1.165, 1.54) is 225 Å². The molecule has 0 heterocycles. The summed E-state index contributed by atoms with van der Waals surface area (Å²) in [5.74, 6) is -0.209. The van der Waals surface area contributed by atoms with Crippen molar-refractivity contribution in [2.24, 2.45) is 0 Å². The van der Waals surface area contributed by atoms with E-state index >= 15 is 0 Å². The molecule has 0 radical (unpaired) electrons. The Morgan fingerprint density at radius 3 is 1.18 bits per heavy atom. The van der Waals surface area contributed by atoms with E-state index in [9.17, 15) is 19.4 Å². The Bertz CT molecular complexity index is 1390. The van der Waals surface area contributed by atoms with Crippen LogP contribution in [0.15, 0.2) is 60.8 Å². The summed E-state index contributed by atoms with van der Waals surface area (Å²) in [5.41, 5.74) is 0. The van der Waals surface area contributed by atoms with Gasteiger partial charge in [-0.1, -0.05) is 274 Å². The highest BCUT2D eigenvalue weighted by Gasteiger charge is 2.23. The van der Waals surface area contributed by atoms with Gasteiger partial charge in [0, 0.05) is 6.42 Å². The second kappa shape index (κ2) is 55.9. The van der Waals surface area contributed by atoms with Gasteiger partial charge in [-0.05, 0) is 77.0 Å². The van der Waals surface area contributed by atoms with Crippen LogP contribution in [0.2, 0.25) is 0 Å². The lowest BCUT2D eigenvalue weighted by Gasteiger charge is -2.29. The number of nitrogens with zero attached hydrogens (tertiary/aromatic N) is 1. The molecule has 2 N–H and O–H groups in total. The predicted octanol–water partition coefficient (Wildman–Crippen LogP) is 19.0. The Kier molecular flexibility index (Phi) is 54.6. The van der Waals surface area contributed by atoms with E-state index in [1.807, 2.05) is 27.2 Å². The van der Waals surface area contributed by atoms with Crippen LogP contribution in [0, 0.1) is 0 Å². The zero-order valence-electron chi connectivity index (χ0n) is 49.5. The smallest absolute Gasteiger partial charge is 0.268 e. The minimum Gasteiger partial charge on any atom is -0.756 e. The maximum Gasteiger partial charge on any atom is 0.268 e. The van der Waals surface area contributed by atoms with Crippen LogP contribution < -0.4 is 10.2 Å². The summed E-state index contributed by atoms with van der Waals surface area (Å²) in [7, 11) is 1.24. The molecule has 0 spiro atoms. The van der Waals surface area contributed by atoms with Crippen molar-refractivity contribution >= 4 is 13.7 Å². The first-order chi connectivity index (χ1) is 36.0. The first-order valence-corrected chi connectivity index (χ1v) is 33.1. The molecule has 434 valence electrons. The molecule has 0 fully saturated rings. The molecule has 0 aromatic rings. The molecule has 0 aliphatic carbocycles. The molecular formula is C65H123N2O6P. The third-order valence-electron chi connectivity index (χ3n) is 14.2. The molecule has 0 aliphatic heterocycles. The summed E-state index contributed by atoms with van der Waals surface area (Å²) >= 11 is 0. The zero-order valence-corrected chi connectivity index (χ0v) is 50.4. The van der Waals surface area contributed by atoms with Gasteiger partial charge in [0.15, 0.2) is 0 Å². The maximum absolute atomic E-state index is 13.0. The van der Waals surface area contributed by atoms with Gasteiger partial charge < -0.3 is 28.8 Å². The molecule has 3 atom stereocenters. The number of quaternary nitrogens is 1. The van der Waals surface area contributed by atoms with Crippen LogP contribution in [0.1, 0.15) is 296 Å². The average Bonchev–Trinajstić information content (AvgIpc) is 3.36. The molecule has 0 bridgehead atoms. The van der Waals surface area contributed by atoms with E-state index in [1.54, 1.807) is 6.08 Å². The maximum atomic E-state index is 13.0. The van der Waals surface area contributed by atoms with Gasteiger partial charge in [0.25, 0.3) is 7.82 Å². The summed E-state index contributed by atoms with van der Waals surface area (Å²) in [5, 5.41) is 13.9. The van der Waals surface area contributed by atoms with Gasteiger partial charge in [-0.2, -0.15) is 0 Å². The largest absolute Gasteiger partial charge is 0.756 e. The van der Waals surface area contributed by atoms with Crippen LogP contribution in [-0.4, -0.2) is 68.5 Å². The highest BCUT2D eigenvalue weighted by atomic mass is 31.2. The van der Waals surface area contributed by atoms with Gasteiger partial charge in [0.2, 0.25) is 5.91 Å². The fourth-order valence-corrected chi connectivity index (χ4v) is 9.94. The number of nitrogens with one attached hydrogen (secondary N) is 1. The number of carbonyl (C=O) groups excluding carboxylic acids is 1. The second-order valence-corrected chi connectivity index (χ2v) is 24.2. The molecule has 0 rings (SSSR count). The molecule has 0 aliphatic rings. The second-order valence-electron chi connectivity index (χ2n) is 22.7. The third kappa shape index (κ3) is 57.9. The Balaban J connectivity index is 4.21. The standard InChI is InChI=1S/C65H123N2O6P/c1-6-8-10-12-14-16-18-20-22-24-26-28-30-32-33-35-37-39-41-43-45-47-49-51-53-55-57-59-65(69)66-63(62-73-74(70,71)72-61-60-67(3,4)5)64(68)58-56-54-52-50-48-46-44-42-40-38-36-34-31-29-27-25-23-21-19-17-15-13-11-9-7-2/h18,20,24,26,40,42,48,50,56,58,63-64,68H,6-17,19,21-23,25,27-39,41,43-47,49,51-55,57,59-62H2,1-5H3,(H-,66,69,70,71)/b20-18-,26-24-,42-40+,50-48+,58-56+. The van der Waals surface area contributed by atoms with Crippen molar-refractivity contribution in [3.05, 3.63) is 60.8 Å². The normalized spacial score (nSPS) is 14.2. The van der Waals surface area contributed by atoms with Gasteiger partial charge >= 0.3 is 0 Å². The van der Waals surface area contributed by atoms with E-state index in [0.29, 0.717) is 17.4 Å². The van der Waals surface area contributed by atoms with Gasteiger partial charge in [0.05, 0.1) is 39.9 Å². The molecule has 0 saturated heterocycles. The third-order valence-corrected chi connectivity index (χ3v) is 15.1. The lowest BCUT2D eigenvalue weighted by atomic mass is 10.0. The quantitative estimate of drug-likeness (QED) is 0.0272. The van der Waals surface area contributed by atoms with Gasteiger partial charge in [0.1, 0.15) is 13.2 Å². The SMILES string of the molecule is CCCCCCC/C=C\C/C=C\CCCCCCCCCCCCCCCCCC(=O)NC(COP(=O)([O-])OCC[N+](C)(C)C)C(O)/C=C/CC/C=C/CC/C=C/CCCCCCCCCCCCCCCCC. The number of allylic oxidation sites excluding steroid dienone is 9. The molecule has 0 saturated carbocycles. The van der Waals surface area contributed by atoms with Crippen LogP contribution in [0.5, 0.6) is 0 Å². The van der Waals surface area contributed by atoms with E-state index in [4.69, 9.17) is 9.05 Å². The fourth-order valence-electron chi connectivity index (χ4n) is 9.22. The van der Waals surface area contributed by atoms with Crippen LogP contribution in [0.25, 0.3) is 0 Å². The number of hydrogen-bond donors (Lipinski definition) is 2. The Morgan fingerprint density at radius 1 is 0.473 bits per heavy atom. The number of phosphoric acid groups is 1. The Hall–Kier alpha value is -1.80. The van der Waals surface area contributed by atoms with E-state index in [2.05, 4.69) is 67.8 Å². The number of hydrogen-bond acceptors (Lipinski definition) is 6. The monoisotopic (exact) mass is 1060 g/mol. The number of aliphatic hydroxyl groups excluding tert-OH is 1. The van der Waals surface area contributed by atoms with E-state index in [-0.39, 0.29) is 12.5 Å². The molecule has 9 heteroatoms. The summed E-state index contributed by atoms with van der Waals surface area (Å²) < 4.78 is 23.4. The first kappa shape index (κ1) is 72.2.